The first-order valence-corrected chi connectivity index (χ1v) is 5.85. The fourth-order valence-electron chi connectivity index (χ4n) is 2.24. The average Bonchev–Trinajstić information content (AvgIpc) is 2.66. The minimum atomic E-state index is 0.283. The van der Waals surface area contributed by atoms with Gasteiger partial charge in [-0.15, -0.1) is 0 Å². The molecule has 0 heterocycles. The molecule has 1 nitrogen and oxygen atoms in total. The van der Waals surface area contributed by atoms with Crippen molar-refractivity contribution in [2.24, 2.45) is 0 Å². The van der Waals surface area contributed by atoms with E-state index in [0.29, 0.717) is 6.42 Å². The smallest absolute Gasteiger partial charge is 0.120 e. The summed E-state index contributed by atoms with van der Waals surface area (Å²) in [5, 5.41) is 0.887. The molecule has 1 aromatic rings. The third-order valence-electron chi connectivity index (χ3n) is 3.20. The Kier molecular flexibility index (Phi) is 3.11. The van der Waals surface area contributed by atoms with Crippen LogP contribution in [-0.4, -0.2) is 6.29 Å². The number of fused-ring (bicyclic) bond motifs is 1. The Morgan fingerprint density at radius 3 is 3.00 bits per heavy atom. The minimum Gasteiger partial charge on any atom is -0.303 e. The third-order valence-corrected chi connectivity index (χ3v) is 3.54. The lowest BCUT2D eigenvalue weighted by molar-refractivity contribution is -0.108. The topological polar surface area (TPSA) is 17.1 Å². The SMILES string of the molecule is CC(CC=O)c1cc(Cl)c2c(c1)CCC2. The molecule has 0 saturated carbocycles. The van der Waals surface area contributed by atoms with Gasteiger partial charge in [0.15, 0.2) is 0 Å². The van der Waals surface area contributed by atoms with Gasteiger partial charge in [0.05, 0.1) is 0 Å². The first-order chi connectivity index (χ1) is 7.22. The van der Waals surface area contributed by atoms with Crippen LogP contribution in [0.4, 0.5) is 0 Å². The van der Waals surface area contributed by atoms with E-state index in [9.17, 15) is 4.79 Å². The molecular weight excluding hydrogens is 208 g/mol. The second kappa shape index (κ2) is 4.36. The largest absolute Gasteiger partial charge is 0.303 e. The summed E-state index contributed by atoms with van der Waals surface area (Å²) in [7, 11) is 0. The second-order valence-electron chi connectivity index (χ2n) is 4.30. The number of aldehydes is 1. The van der Waals surface area contributed by atoms with Gasteiger partial charge in [-0.3, -0.25) is 0 Å². The number of benzene rings is 1. The van der Waals surface area contributed by atoms with Gasteiger partial charge in [-0.2, -0.15) is 0 Å². The van der Waals surface area contributed by atoms with Crippen LogP contribution in [0.5, 0.6) is 0 Å². The maximum atomic E-state index is 10.5. The molecule has 1 atom stereocenters. The van der Waals surface area contributed by atoms with Crippen LogP contribution in [0.3, 0.4) is 0 Å². The number of hydrogen-bond donors (Lipinski definition) is 0. The van der Waals surface area contributed by atoms with Crippen LogP contribution in [0.2, 0.25) is 5.02 Å². The molecule has 2 rings (SSSR count). The molecule has 1 aliphatic carbocycles. The Hall–Kier alpha value is -0.820. The predicted molar refractivity (Wildman–Crippen MR) is 62.6 cm³/mol. The van der Waals surface area contributed by atoms with Gasteiger partial charge in [-0.25, -0.2) is 0 Å². The molecule has 0 spiro atoms. The lowest BCUT2D eigenvalue weighted by Gasteiger charge is -2.12. The van der Waals surface area contributed by atoms with E-state index in [0.717, 1.165) is 24.2 Å². The van der Waals surface area contributed by atoms with E-state index in [1.807, 2.05) is 6.07 Å². The lowest BCUT2D eigenvalue weighted by atomic mass is 9.95. The van der Waals surface area contributed by atoms with Crippen LogP contribution in [0, 0.1) is 0 Å². The molecule has 0 saturated heterocycles. The van der Waals surface area contributed by atoms with Crippen molar-refractivity contribution in [3.05, 3.63) is 33.8 Å². The van der Waals surface area contributed by atoms with Gasteiger partial charge < -0.3 is 4.79 Å². The van der Waals surface area contributed by atoms with Gasteiger partial charge in [-0.05, 0) is 47.9 Å². The van der Waals surface area contributed by atoms with Crippen molar-refractivity contribution in [1.82, 2.24) is 0 Å². The Morgan fingerprint density at radius 2 is 2.27 bits per heavy atom. The van der Waals surface area contributed by atoms with E-state index in [1.54, 1.807) is 0 Å². The fourth-order valence-corrected chi connectivity index (χ4v) is 2.58. The maximum absolute atomic E-state index is 10.5. The number of rotatable bonds is 3. The lowest BCUT2D eigenvalue weighted by Crippen LogP contribution is -1.97. The van der Waals surface area contributed by atoms with Crippen LogP contribution >= 0.6 is 11.6 Å². The molecule has 0 bridgehead atoms. The van der Waals surface area contributed by atoms with Crippen molar-refractivity contribution < 1.29 is 4.79 Å². The number of aryl methyl sites for hydroxylation is 1. The summed E-state index contributed by atoms with van der Waals surface area (Å²) in [4.78, 5) is 10.5. The summed E-state index contributed by atoms with van der Waals surface area (Å²) < 4.78 is 0. The Labute approximate surface area is 95.4 Å². The summed E-state index contributed by atoms with van der Waals surface area (Å²) in [6.45, 7) is 2.07. The predicted octanol–water partition coefficient (Wildman–Crippen LogP) is 3.52. The van der Waals surface area contributed by atoms with E-state index in [-0.39, 0.29) is 5.92 Å². The van der Waals surface area contributed by atoms with Crippen molar-refractivity contribution in [3.8, 4) is 0 Å². The summed E-state index contributed by atoms with van der Waals surface area (Å²) in [6.07, 6.45) is 5.01. The molecule has 2 heteroatoms. The molecule has 0 radical (unpaired) electrons. The number of carbonyl (C=O) groups is 1. The number of carbonyl (C=O) groups excluding carboxylic acids is 1. The number of halogens is 1. The molecule has 15 heavy (non-hydrogen) atoms. The van der Waals surface area contributed by atoms with E-state index in [4.69, 9.17) is 11.6 Å². The second-order valence-corrected chi connectivity index (χ2v) is 4.70. The molecule has 0 amide bonds. The van der Waals surface area contributed by atoms with Crippen molar-refractivity contribution in [2.45, 2.75) is 38.5 Å². The quantitative estimate of drug-likeness (QED) is 0.716. The normalized spacial score (nSPS) is 16.1. The highest BCUT2D eigenvalue weighted by Gasteiger charge is 2.17. The Morgan fingerprint density at radius 1 is 1.47 bits per heavy atom. The van der Waals surface area contributed by atoms with Crippen LogP contribution < -0.4 is 0 Å². The van der Waals surface area contributed by atoms with Crippen molar-refractivity contribution in [2.75, 3.05) is 0 Å². The summed E-state index contributed by atoms with van der Waals surface area (Å²) in [5.74, 6) is 0.283. The van der Waals surface area contributed by atoms with Crippen molar-refractivity contribution in [3.63, 3.8) is 0 Å². The van der Waals surface area contributed by atoms with Gasteiger partial charge in [0.1, 0.15) is 6.29 Å². The van der Waals surface area contributed by atoms with Gasteiger partial charge >= 0.3 is 0 Å². The van der Waals surface area contributed by atoms with Gasteiger partial charge in [0.25, 0.3) is 0 Å². The third kappa shape index (κ3) is 2.07. The molecular formula is C13H15ClO. The minimum absolute atomic E-state index is 0.283. The van der Waals surface area contributed by atoms with Crippen molar-refractivity contribution in [1.29, 1.82) is 0 Å². The summed E-state index contributed by atoms with van der Waals surface area (Å²) >= 11 is 6.23. The summed E-state index contributed by atoms with van der Waals surface area (Å²) in [6, 6.07) is 4.25. The first kappa shape index (κ1) is 10.7. The van der Waals surface area contributed by atoms with Crippen molar-refractivity contribution >= 4 is 17.9 Å². The molecule has 0 aromatic heterocycles. The average molecular weight is 223 g/mol. The fraction of sp³-hybridized carbons (Fsp3) is 0.462. The zero-order valence-electron chi connectivity index (χ0n) is 8.92. The highest BCUT2D eigenvalue weighted by molar-refractivity contribution is 6.31. The number of hydrogen-bond acceptors (Lipinski definition) is 1. The molecule has 1 aromatic carbocycles. The van der Waals surface area contributed by atoms with Crippen LogP contribution in [0.1, 0.15) is 42.4 Å². The highest BCUT2D eigenvalue weighted by atomic mass is 35.5. The van der Waals surface area contributed by atoms with Gasteiger partial charge in [0, 0.05) is 11.4 Å². The molecule has 0 aliphatic heterocycles. The Bertz CT molecular complexity index is 384. The molecule has 0 fully saturated rings. The Balaban J connectivity index is 2.34. The van der Waals surface area contributed by atoms with Gasteiger partial charge in [-0.1, -0.05) is 24.6 Å². The molecule has 1 unspecified atom stereocenters. The standard InChI is InChI=1S/C13H15ClO/c1-9(5-6-15)11-7-10-3-2-4-12(10)13(14)8-11/h6-9H,2-5H2,1H3. The van der Waals surface area contributed by atoms with Crippen LogP contribution in [0.25, 0.3) is 0 Å². The molecule has 0 N–H and O–H groups in total. The van der Waals surface area contributed by atoms with Crippen LogP contribution in [-0.2, 0) is 17.6 Å². The maximum Gasteiger partial charge on any atom is 0.120 e. The first-order valence-electron chi connectivity index (χ1n) is 5.47. The van der Waals surface area contributed by atoms with E-state index < -0.39 is 0 Å². The van der Waals surface area contributed by atoms with Gasteiger partial charge in [0.2, 0.25) is 0 Å². The zero-order valence-corrected chi connectivity index (χ0v) is 9.68. The molecule has 1 aliphatic rings. The van der Waals surface area contributed by atoms with E-state index in [2.05, 4.69) is 13.0 Å². The van der Waals surface area contributed by atoms with E-state index >= 15 is 0 Å². The zero-order chi connectivity index (χ0) is 10.8. The highest BCUT2D eigenvalue weighted by Crippen LogP contribution is 2.33. The summed E-state index contributed by atoms with van der Waals surface area (Å²) in [5.41, 5.74) is 3.90. The monoisotopic (exact) mass is 222 g/mol. The van der Waals surface area contributed by atoms with E-state index in [1.165, 1.54) is 23.1 Å². The molecule has 80 valence electrons. The van der Waals surface area contributed by atoms with Crippen LogP contribution in [0.15, 0.2) is 12.1 Å².